The number of aryl methyl sites for hydroxylation is 3. The Morgan fingerprint density at radius 1 is 1.15 bits per heavy atom. The summed E-state index contributed by atoms with van der Waals surface area (Å²) in [5.41, 5.74) is 2.13. The summed E-state index contributed by atoms with van der Waals surface area (Å²) >= 11 is 0. The first-order chi connectivity index (χ1) is 19.4. The highest BCUT2D eigenvalue weighted by Gasteiger charge is 2.65. The number of aromatic nitrogens is 1. The Morgan fingerprint density at radius 2 is 1.90 bits per heavy atom. The van der Waals surface area contributed by atoms with Crippen molar-refractivity contribution in [1.82, 2.24) is 15.0 Å². The average Bonchev–Trinajstić information content (AvgIpc) is 3.28. The lowest BCUT2D eigenvalue weighted by atomic mass is 9.70. The molecule has 3 atom stereocenters. The van der Waals surface area contributed by atoms with E-state index in [0.29, 0.717) is 18.4 Å². The van der Waals surface area contributed by atoms with Crippen LogP contribution in [0.3, 0.4) is 0 Å². The van der Waals surface area contributed by atoms with Crippen LogP contribution in [0.1, 0.15) is 66.7 Å². The number of hydrogen-bond donors (Lipinski definition) is 4. The number of carboxylic acid groups (broad SMARTS) is 1. The number of fused-ring (bicyclic) bond motifs is 3. The van der Waals surface area contributed by atoms with Gasteiger partial charge in [-0.1, -0.05) is 32.0 Å². The number of carbonyl (C=O) groups excluding carboxylic acids is 2. The maximum atomic E-state index is 13.1. The van der Waals surface area contributed by atoms with Crippen LogP contribution in [-0.4, -0.2) is 61.1 Å². The van der Waals surface area contributed by atoms with E-state index in [9.17, 15) is 27.9 Å². The third-order valence-electron chi connectivity index (χ3n) is 9.50. The van der Waals surface area contributed by atoms with E-state index in [4.69, 9.17) is 4.98 Å². The second kappa shape index (κ2) is 11.2. The van der Waals surface area contributed by atoms with Crippen LogP contribution in [-0.2, 0) is 38.9 Å². The Bertz CT molecular complexity index is 1460. The summed E-state index contributed by atoms with van der Waals surface area (Å²) < 4.78 is 28.3. The smallest absolute Gasteiger partial charge is 0.323 e. The summed E-state index contributed by atoms with van der Waals surface area (Å²) in [6, 6.07) is 9.63. The van der Waals surface area contributed by atoms with Crippen molar-refractivity contribution in [2.45, 2.75) is 64.8 Å². The molecular weight excluding hydrogens is 544 g/mol. The number of carbonyl (C=O) groups is 3. The van der Waals surface area contributed by atoms with Crippen molar-refractivity contribution in [3.8, 4) is 0 Å². The Labute approximate surface area is 240 Å². The quantitative estimate of drug-likeness (QED) is 0.315. The number of anilines is 1. The minimum Gasteiger partial charge on any atom is -0.480 e. The number of carboxylic acids is 1. The molecule has 2 aromatic rings. The van der Waals surface area contributed by atoms with Crippen molar-refractivity contribution in [3.63, 3.8) is 0 Å². The van der Waals surface area contributed by atoms with Gasteiger partial charge in [0.2, 0.25) is 10.0 Å². The molecule has 10 nitrogen and oxygen atoms in total. The topological polar surface area (TPSA) is 155 Å². The van der Waals surface area contributed by atoms with Gasteiger partial charge in [0.1, 0.15) is 17.6 Å². The molecule has 11 heteroatoms. The number of Topliss-reactive ketones (excluding diaryl/α,β-unsaturated/α-hetero) is 1. The number of amides is 1. The largest absolute Gasteiger partial charge is 0.480 e. The van der Waals surface area contributed by atoms with Crippen molar-refractivity contribution in [3.05, 3.63) is 58.8 Å². The Balaban J connectivity index is 1.15. The molecule has 0 radical (unpaired) electrons. The second-order valence-corrected chi connectivity index (χ2v) is 13.9. The summed E-state index contributed by atoms with van der Waals surface area (Å²) in [7, 11) is -4.12. The molecule has 0 saturated heterocycles. The molecule has 1 amide bonds. The minimum atomic E-state index is -4.12. The van der Waals surface area contributed by atoms with E-state index < -0.39 is 51.1 Å². The van der Waals surface area contributed by atoms with Crippen LogP contribution in [0.2, 0.25) is 0 Å². The number of nitrogens with one attached hydrogen (secondary N) is 3. The number of rotatable bonds is 11. The van der Waals surface area contributed by atoms with E-state index in [-0.39, 0.29) is 11.7 Å². The number of ketones is 1. The lowest BCUT2D eigenvalue weighted by Crippen LogP contribution is -2.52. The zero-order valence-corrected chi connectivity index (χ0v) is 24.4. The molecular formula is C30H38N4O6S. The first-order valence-corrected chi connectivity index (χ1v) is 15.9. The molecule has 41 heavy (non-hydrogen) atoms. The Hall–Kier alpha value is -3.31. The molecule has 1 aromatic heterocycles. The number of nitrogens with zero attached hydrogens (tertiary/aromatic N) is 1. The fourth-order valence-corrected chi connectivity index (χ4v) is 8.80. The molecule has 220 valence electrons. The molecule has 2 heterocycles. The van der Waals surface area contributed by atoms with Crippen LogP contribution in [0.5, 0.6) is 0 Å². The van der Waals surface area contributed by atoms with Crippen LogP contribution in [0.15, 0.2) is 36.4 Å². The summed E-state index contributed by atoms with van der Waals surface area (Å²) in [6.45, 7) is 4.36. The van der Waals surface area contributed by atoms with Gasteiger partial charge in [-0.15, -0.1) is 0 Å². The van der Waals surface area contributed by atoms with Gasteiger partial charge in [-0.2, -0.15) is 4.72 Å². The van der Waals surface area contributed by atoms with Gasteiger partial charge in [-0.3, -0.25) is 14.4 Å². The zero-order chi connectivity index (χ0) is 29.4. The lowest BCUT2D eigenvalue weighted by molar-refractivity contribution is -0.138. The minimum absolute atomic E-state index is 0.0660. The first-order valence-electron chi connectivity index (χ1n) is 14.3. The van der Waals surface area contributed by atoms with Gasteiger partial charge in [0, 0.05) is 36.2 Å². The van der Waals surface area contributed by atoms with Crippen molar-refractivity contribution in [2.75, 3.05) is 24.2 Å². The first kappa shape index (κ1) is 29.2. The van der Waals surface area contributed by atoms with Gasteiger partial charge in [0.15, 0.2) is 0 Å². The van der Waals surface area contributed by atoms with Crippen LogP contribution in [0, 0.1) is 16.7 Å². The third-order valence-corrected chi connectivity index (χ3v) is 11.0. The van der Waals surface area contributed by atoms with Crippen molar-refractivity contribution < 1.29 is 27.9 Å². The predicted molar refractivity (Wildman–Crippen MR) is 154 cm³/mol. The average molecular weight is 583 g/mol. The molecule has 4 N–H and O–H groups in total. The van der Waals surface area contributed by atoms with E-state index in [0.717, 1.165) is 55.7 Å². The SMILES string of the molecule is CC1(C)[C@@H]2CC[C@@]1(CS(=O)(=O)N[C@@H](CNC(=O)c1ccc(CCc3ccc4c(n3)NCCC4)cc1)C(=O)O)C(=O)C2. The highest BCUT2D eigenvalue weighted by molar-refractivity contribution is 7.89. The van der Waals surface area contributed by atoms with Crippen molar-refractivity contribution in [1.29, 1.82) is 0 Å². The van der Waals surface area contributed by atoms with E-state index in [2.05, 4.69) is 27.5 Å². The molecule has 1 aromatic carbocycles. The van der Waals surface area contributed by atoms with Crippen LogP contribution in [0.4, 0.5) is 5.82 Å². The van der Waals surface area contributed by atoms with E-state index in [1.807, 2.05) is 26.0 Å². The number of aliphatic carboxylic acids is 1. The summed E-state index contributed by atoms with van der Waals surface area (Å²) in [5.74, 6) is -1.32. The van der Waals surface area contributed by atoms with E-state index in [1.165, 1.54) is 5.56 Å². The Kier molecular flexibility index (Phi) is 7.95. The van der Waals surface area contributed by atoms with Gasteiger partial charge in [-0.05, 0) is 79.2 Å². The van der Waals surface area contributed by atoms with Gasteiger partial charge >= 0.3 is 5.97 Å². The molecule has 1 aliphatic heterocycles. The maximum absolute atomic E-state index is 13.1. The maximum Gasteiger partial charge on any atom is 0.323 e. The van der Waals surface area contributed by atoms with Gasteiger partial charge in [-0.25, -0.2) is 13.4 Å². The standard InChI is InChI=1S/C30H38N4O6S/c1-29(2)22-13-14-30(29,25(35)16-22)18-41(39,40)34-24(28(37)38)17-32-27(36)21-8-5-19(6-9-21)7-11-23-12-10-20-4-3-15-31-26(20)33-23/h5-6,8-10,12,22,24,34H,3-4,7,11,13-18H2,1-2H3,(H,31,33)(H,32,36)(H,37,38)/t22-,24+,30-/m1/s1. The molecule has 3 aliphatic rings. The van der Waals surface area contributed by atoms with E-state index >= 15 is 0 Å². The molecule has 5 rings (SSSR count). The van der Waals surface area contributed by atoms with Crippen LogP contribution < -0.4 is 15.4 Å². The number of sulfonamides is 1. The van der Waals surface area contributed by atoms with Crippen molar-refractivity contribution >= 4 is 33.5 Å². The predicted octanol–water partition coefficient (Wildman–Crippen LogP) is 2.72. The van der Waals surface area contributed by atoms with Crippen LogP contribution in [0.25, 0.3) is 0 Å². The fraction of sp³-hybridized carbons (Fsp3) is 0.533. The van der Waals surface area contributed by atoms with Gasteiger partial charge in [0.25, 0.3) is 5.91 Å². The second-order valence-electron chi connectivity index (χ2n) is 12.2. The molecule has 2 saturated carbocycles. The Morgan fingerprint density at radius 3 is 2.56 bits per heavy atom. The zero-order valence-electron chi connectivity index (χ0n) is 23.5. The third kappa shape index (κ3) is 5.88. The summed E-state index contributed by atoms with van der Waals surface area (Å²) in [5, 5.41) is 15.5. The van der Waals surface area contributed by atoms with Crippen molar-refractivity contribution in [2.24, 2.45) is 16.7 Å². The van der Waals surface area contributed by atoms with Crippen LogP contribution >= 0.6 is 0 Å². The number of benzene rings is 1. The normalized spacial score (nSPS) is 23.5. The molecule has 0 spiro atoms. The monoisotopic (exact) mass is 582 g/mol. The summed E-state index contributed by atoms with van der Waals surface area (Å²) in [6.07, 6.45) is 5.29. The van der Waals surface area contributed by atoms with Gasteiger partial charge in [0.05, 0.1) is 5.75 Å². The highest BCUT2D eigenvalue weighted by atomic mass is 32.2. The summed E-state index contributed by atoms with van der Waals surface area (Å²) in [4.78, 5) is 42.1. The lowest BCUT2D eigenvalue weighted by Gasteiger charge is -2.36. The molecule has 2 aliphatic carbocycles. The molecule has 2 fully saturated rings. The molecule has 0 unspecified atom stereocenters. The van der Waals surface area contributed by atoms with Gasteiger partial charge < -0.3 is 15.7 Å². The highest BCUT2D eigenvalue weighted by Crippen LogP contribution is 2.64. The fourth-order valence-electron chi connectivity index (χ4n) is 6.77. The van der Waals surface area contributed by atoms with E-state index in [1.54, 1.807) is 12.1 Å². The number of pyridine rings is 1. The molecule has 2 bridgehead atoms. The number of hydrogen-bond acceptors (Lipinski definition) is 7.